The highest BCUT2D eigenvalue weighted by Crippen LogP contribution is 2.21. The van der Waals surface area contributed by atoms with Crippen LogP contribution in [-0.4, -0.2) is 34.6 Å². The number of hydrogen-bond donors (Lipinski definition) is 1. The minimum absolute atomic E-state index is 0.00745. The molecule has 1 aliphatic rings. The Morgan fingerprint density at radius 3 is 2.53 bits per heavy atom. The van der Waals surface area contributed by atoms with E-state index in [1.54, 1.807) is 16.7 Å². The van der Waals surface area contributed by atoms with E-state index >= 15 is 0 Å². The minimum atomic E-state index is -0.463. The van der Waals surface area contributed by atoms with Crippen molar-refractivity contribution in [2.24, 2.45) is 0 Å². The average Bonchev–Trinajstić information content (AvgIpc) is 3.26. The Morgan fingerprint density at radius 1 is 1.12 bits per heavy atom. The Bertz CT molecular complexity index is 914. The molecule has 2 amide bonds. The van der Waals surface area contributed by atoms with Gasteiger partial charge in [-0.1, -0.05) is 73.3 Å². The maximum atomic E-state index is 13.3. The van der Waals surface area contributed by atoms with Crippen LogP contribution in [0.5, 0.6) is 0 Å². The van der Waals surface area contributed by atoms with E-state index in [2.05, 4.69) is 11.4 Å². The van der Waals surface area contributed by atoms with Crippen LogP contribution in [0, 0.1) is 6.92 Å². The lowest BCUT2D eigenvalue weighted by atomic mass is 10.1. The van der Waals surface area contributed by atoms with Crippen LogP contribution in [0.1, 0.15) is 55.7 Å². The lowest BCUT2D eigenvalue weighted by Gasteiger charge is -2.31. The van der Waals surface area contributed by atoms with Crippen molar-refractivity contribution in [1.29, 1.82) is 0 Å². The molecule has 0 spiro atoms. The summed E-state index contributed by atoms with van der Waals surface area (Å²) in [7, 11) is 0. The van der Waals surface area contributed by atoms with Crippen molar-refractivity contribution in [1.82, 2.24) is 10.2 Å². The Labute approximate surface area is 201 Å². The van der Waals surface area contributed by atoms with Gasteiger partial charge in [-0.2, -0.15) is 0 Å². The van der Waals surface area contributed by atoms with Gasteiger partial charge in [-0.05, 0) is 49.4 Å². The number of rotatable bonds is 10. The predicted molar refractivity (Wildman–Crippen MR) is 134 cm³/mol. The van der Waals surface area contributed by atoms with Gasteiger partial charge in [-0.15, -0.1) is 11.8 Å². The molecule has 0 saturated heterocycles. The van der Waals surface area contributed by atoms with E-state index in [1.807, 2.05) is 56.3 Å². The zero-order valence-corrected chi connectivity index (χ0v) is 20.6. The van der Waals surface area contributed by atoms with Gasteiger partial charge in [0, 0.05) is 23.4 Å². The number of carbonyl (C=O) groups is 2. The molecule has 2 aromatic carbocycles. The molecular formula is C26H33ClN2O2S. The number of aryl methyl sites for hydroxylation is 1. The molecule has 1 N–H and O–H groups in total. The first-order chi connectivity index (χ1) is 15.5. The van der Waals surface area contributed by atoms with Gasteiger partial charge >= 0.3 is 0 Å². The van der Waals surface area contributed by atoms with E-state index in [-0.39, 0.29) is 17.9 Å². The third-order valence-electron chi connectivity index (χ3n) is 5.91. The summed E-state index contributed by atoms with van der Waals surface area (Å²) in [6.45, 7) is 4.46. The second-order valence-electron chi connectivity index (χ2n) is 8.55. The normalized spacial score (nSPS) is 14.8. The average molecular weight is 473 g/mol. The Kier molecular flexibility index (Phi) is 9.49. The Hall–Kier alpha value is -1.98. The molecule has 3 rings (SSSR count). The second-order valence-corrected chi connectivity index (χ2v) is 9.97. The molecule has 1 aliphatic carbocycles. The van der Waals surface area contributed by atoms with Gasteiger partial charge in [0.05, 0.1) is 5.75 Å². The summed E-state index contributed by atoms with van der Waals surface area (Å²) >= 11 is 7.63. The van der Waals surface area contributed by atoms with Crippen molar-refractivity contribution in [2.75, 3.05) is 5.75 Å². The highest BCUT2D eigenvalue weighted by molar-refractivity contribution is 7.99. The molecule has 172 valence electrons. The van der Waals surface area contributed by atoms with Gasteiger partial charge in [0.1, 0.15) is 6.04 Å². The van der Waals surface area contributed by atoms with E-state index in [0.717, 1.165) is 42.4 Å². The summed E-state index contributed by atoms with van der Waals surface area (Å²) in [6.07, 6.45) is 4.98. The summed E-state index contributed by atoms with van der Waals surface area (Å²) in [5.41, 5.74) is 3.28. The summed E-state index contributed by atoms with van der Waals surface area (Å²) in [6, 6.07) is 15.6. The summed E-state index contributed by atoms with van der Waals surface area (Å²) in [5, 5.41) is 3.90. The number of nitrogens with one attached hydrogen (secondary N) is 1. The first kappa shape index (κ1) is 24.7. The van der Waals surface area contributed by atoms with Crippen LogP contribution in [0.4, 0.5) is 0 Å². The summed E-state index contributed by atoms with van der Waals surface area (Å²) < 4.78 is 0. The first-order valence-corrected chi connectivity index (χ1v) is 13.0. The molecule has 2 aromatic rings. The molecule has 0 unspecified atom stereocenters. The molecule has 32 heavy (non-hydrogen) atoms. The molecule has 4 nitrogen and oxygen atoms in total. The van der Waals surface area contributed by atoms with E-state index in [4.69, 9.17) is 11.6 Å². The van der Waals surface area contributed by atoms with Gasteiger partial charge in [0.15, 0.2) is 0 Å². The van der Waals surface area contributed by atoms with Crippen LogP contribution in [0.3, 0.4) is 0 Å². The minimum Gasteiger partial charge on any atom is -0.352 e. The van der Waals surface area contributed by atoms with Crippen molar-refractivity contribution >= 4 is 35.2 Å². The highest BCUT2D eigenvalue weighted by Gasteiger charge is 2.30. The van der Waals surface area contributed by atoms with Gasteiger partial charge < -0.3 is 10.2 Å². The number of benzene rings is 2. The van der Waals surface area contributed by atoms with Crippen LogP contribution in [0.15, 0.2) is 48.5 Å². The van der Waals surface area contributed by atoms with Gasteiger partial charge in [-0.25, -0.2) is 0 Å². The third kappa shape index (κ3) is 7.28. The Morgan fingerprint density at radius 2 is 1.84 bits per heavy atom. The molecule has 1 saturated carbocycles. The molecule has 0 bridgehead atoms. The van der Waals surface area contributed by atoms with Crippen LogP contribution < -0.4 is 5.32 Å². The van der Waals surface area contributed by atoms with E-state index in [9.17, 15) is 9.59 Å². The summed E-state index contributed by atoms with van der Waals surface area (Å²) in [5.74, 6) is 0.994. The fourth-order valence-corrected chi connectivity index (χ4v) is 5.33. The SMILES string of the molecule is CC[C@H](C(=O)NC1CCCC1)N(Cc1cccc(C)c1)C(=O)CSCc1cccc(Cl)c1. The largest absolute Gasteiger partial charge is 0.352 e. The molecule has 0 radical (unpaired) electrons. The number of hydrogen-bond acceptors (Lipinski definition) is 3. The molecule has 1 atom stereocenters. The van der Waals surface area contributed by atoms with E-state index < -0.39 is 6.04 Å². The quantitative estimate of drug-likeness (QED) is 0.479. The Balaban J connectivity index is 1.70. The molecule has 0 heterocycles. The number of nitrogens with zero attached hydrogens (tertiary/aromatic N) is 1. The van der Waals surface area contributed by atoms with Crippen LogP contribution in [0.25, 0.3) is 0 Å². The van der Waals surface area contributed by atoms with Crippen molar-refractivity contribution < 1.29 is 9.59 Å². The molecule has 0 aliphatic heterocycles. The van der Waals surface area contributed by atoms with Gasteiger partial charge in [0.2, 0.25) is 11.8 Å². The lowest BCUT2D eigenvalue weighted by molar-refractivity contribution is -0.139. The van der Waals surface area contributed by atoms with Crippen LogP contribution in [0.2, 0.25) is 5.02 Å². The van der Waals surface area contributed by atoms with Crippen LogP contribution >= 0.6 is 23.4 Å². The monoisotopic (exact) mass is 472 g/mol. The summed E-state index contributed by atoms with van der Waals surface area (Å²) in [4.78, 5) is 28.2. The van der Waals surface area contributed by atoms with Crippen molar-refractivity contribution in [2.45, 2.75) is 70.3 Å². The van der Waals surface area contributed by atoms with Crippen molar-refractivity contribution in [3.05, 3.63) is 70.2 Å². The van der Waals surface area contributed by atoms with Gasteiger partial charge in [0.25, 0.3) is 0 Å². The number of thioether (sulfide) groups is 1. The zero-order valence-electron chi connectivity index (χ0n) is 19.0. The highest BCUT2D eigenvalue weighted by atomic mass is 35.5. The maximum absolute atomic E-state index is 13.3. The number of halogens is 1. The fraction of sp³-hybridized carbons (Fsp3) is 0.462. The van der Waals surface area contributed by atoms with Gasteiger partial charge in [-0.3, -0.25) is 9.59 Å². The number of amides is 2. The molecule has 0 aromatic heterocycles. The second kappa shape index (κ2) is 12.3. The standard InChI is InChI=1S/C26H33ClN2O2S/c1-3-24(26(31)28-23-12-4-5-13-23)29(16-20-9-6-8-19(2)14-20)25(30)18-32-17-21-10-7-11-22(27)15-21/h6-11,14-15,23-24H,3-5,12-13,16-18H2,1-2H3,(H,28,31)/t24-/m1/s1. The lowest BCUT2D eigenvalue weighted by Crippen LogP contribution is -2.51. The van der Waals surface area contributed by atoms with Crippen molar-refractivity contribution in [3.63, 3.8) is 0 Å². The predicted octanol–water partition coefficient (Wildman–Crippen LogP) is 5.75. The third-order valence-corrected chi connectivity index (χ3v) is 7.13. The maximum Gasteiger partial charge on any atom is 0.243 e. The molecular weight excluding hydrogens is 440 g/mol. The van der Waals surface area contributed by atoms with E-state index in [1.165, 1.54) is 0 Å². The zero-order chi connectivity index (χ0) is 22.9. The molecule has 1 fully saturated rings. The smallest absolute Gasteiger partial charge is 0.243 e. The first-order valence-electron chi connectivity index (χ1n) is 11.4. The van der Waals surface area contributed by atoms with Crippen LogP contribution in [-0.2, 0) is 21.9 Å². The topological polar surface area (TPSA) is 49.4 Å². The fourth-order valence-electron chi connectivity index (χ4n) is 4.26. The number of carbonyl (C=O) groups excluding carboxylic acids is 2. The van der Waals surface area contributed by atoms with E-state index in [0.29, 0.717) is 29.5 Å². The molecule has 6 heteroatoms. The van der Waals surface area contributed by atoms with Crippen molar-refractivity contribution in [3.8, 4) is 0 Å².